The van der Waals surface area contributed by atoms with Crippen molar-refractivity contribution in [3.05, 3.63) is 35.1 Å². The Morgan fingerprint density at radius 2 is 1.82 bits per heavy atom. The van der Waals surface area contributed by atoms with Gasteiger partial charge in [-0.15, -0.1) is 0 Å². The van der Waals surface area contributed by atoms with E-state index in [4.69, 9.17) is 0 Å². The first-order chi connectivity index (χ1) is 10.5. The minimum atomic E-state index is -4.50. The lowest BCUT2D eigenvalue weighted by Crippen LogP contribution is -2.48. The standard InChI is InChI=1S/C16H20F4N2/c17-14-10-12(16(18,19)20)4-5-13(14)15(11-2-1-3-11)22-8-6-21-7-9-22/h4-5,10-11,15,21H,1-3,6-9H2/t15-/m0/s1. The average molecular weight is 316 g/mol. The van der Waals surface area contributed by atoms with Crippen LogP contribution in [-0.4, -0.2) is 31.1 Å². The van der Waals surface area contributed by atoms with E-state index < -0.39 is 17.6 Å². The molecule has 122 valence electrons. The third kappa shape index (κ3) is 3.13. The first-order valence-corrected chi connectivity index (χ1v) is 7.78. The van der Waals surface area contributed by atoms with Crippen molar-refractivity contribution in [3.63, 3.8) is 0 Å². The quantitative estimate of drug-likeness (QED) is 0.857. The number of hydrogen-bond acceptors (Lipinski definition) is 2. The van der Waals surface area contributed by atoms with Gasteiger partial charge in [0.15, 0.2) is 0 Å². The van der Waals surface area contributed by atoms with Crippen LogP contribution in [0.5, 0.6) is 0 Å². The number of nitrogens with one attached hydrogen (secondary N) is 1. The molecule has 1 aliphatic heterocycles. The fourth-order valence-electron chi connectivity index (χ4n) is 3.41. The molecule has 22 heavy (non-hydrogen) atoms. The molecule has 0 radical (unpaired) electrons. The maximum atomic E-state index is 14.4. The van der Waals surface area contributed by atoms with Crippen molar-refractivity contribution in [2.24, 2.45) is 5.92 Å². The van der Waals surface area contributed by atoms with Gasteiger partial charge in [0.25, 0.3) is 0 Å². The second-order valence-corrected chi connectivity index (χ2v) is 6.16. The Balaban J connectivity index is 1.90. The molecule has 0 bridgehead atoms. The molecule has 0 unspecified atom stereocenters. The number of alkyl halides is 3. The highest BCUT2D eigenvalue weighted by atomic mass is 19.4. The van der Waals surface area contributed by atoms with Crippen molar-refractivity contribution in [2.45, 2.75) is 31.5 Å². The van der Waals surface area contributed by atoms with Crippen LogP contribution in [0.25, 0.3) is 0 Å². The van der Waals surface area contributed by atoms with Gasteiger partial charge in [0.1, 0.15) is 5.82 Å². The fourth-order valence-corrected chi connectivity index (χ4v) is 3.41. The summed E-state index contributed by atoms with van der Waals surface area (Å²) in [7, 11) is 0. The van der Waals surface area contributed by atoms with Gasteiger partial charge < -0.3 is 5.32 Å². The normalized spacial score (nSPS) is 22.4. The van der Waals surface area contributed by atoms with Crippen LogP contribution >= 0.6 is 0 Å². The van der Waals surface area contributed by atoms with Crippen LogP contribution in [0.1, 0.15) is 36.4 Å². The van der Waals surface area contributed by atoms with E-state index in [1.807, 2.05) is 0 Å². The van der Waals surface area contributed by atoms with E-state index in [0.29, 0.717) is 17.5 Å². The van der Waals surface area contributed by atoms with Crippen molar-refractivity contribution < 1.29 is 17.6 Å². The summed E-state index contributed by atoms with van der Waals surface area (Å²) < 4.78 is 52.5. The van der Waals surface area contributed by atoms with Crippen molar-refractivity contribution in [3.8, 4) is 0 Å². The van der Waals surface area contributed by atoms with Crippen LogP contribution in [0, 0.1) is 11.7 Å². The Morgan fingerprint density at radius 3 is 2.32 bits per heavy atom. The summed E-state index contributed by atoms with van der Waals surface area (Å²) in [5.41, 5.74) is -0.499. The molecule has 1 heterocycles. The van der Waals surface area contributed by atoms with Gasteiger partial charge >= 0.3 is 6.18 Å². The van der Waals surface area contributed by atoms with Crippen LogP contribution in [0.15, 0.2) is 18.2 Å². The van der Waals surface area contributed by atoms with Crippen LogP contribution in [0.4, 0.5) is 17.6 Å². The number of nitrogens with zero attached hydrogens (tertiary/aromatic N) is 1. The van der Waals surface area contributed by atoms with Gasteiger partial charge in [-0.1, -0.05) is 12.5 Å². The minimum absolute atomic E-state index is 0.0990. The van der Waals surface area contributed by atoms with Gasteiger partial charge in [0.2, 0.25) is 0 Å². The van der Waals surface area contributed by atoms with Crippen LogP contribution < -0.4 is 5.32 Å². The number of benzene rings is 1. The van der Waals surface area contributed by atoms with Crippen LogP contribution in [0.2, 0.25) is 0 Å². The van der Waals surface area contributed by atoms with Gasteiger partial charge in [-0.25, -0.2) is 4.39 Å². The van der Waals surface area contributed by atoms with E-state index in [1.54, 1.807) is 0 Å². The first-order valence-electron chi connectivity index (χ1n) is 7.78. The van der Waals surface area contributed by atoms with E-state index in [-0.39, 0.29) is 6.04 Å². The highest BCUT2D eigenvalue weighted by molar-refractivity contribution is 5.29. The monoisotopic (exact) mass is 316 g/mol. The Morgan fingerprint density at radius 1 is 1.14 bits per heavy atom. The summed E-state index contributed by atoms with van der Waals surface area (Å²) in [4.78, 5) is 2.21. The first kappa shape index (κ1) is 15.7. The predicted octanol–water partition coefficient (Wildman–Crippen LogP) is 3.59. The van der Waals surface area contributed by atoms with E-state index in [2.05, 4.69) is 10.2 Å². The molecule has 2 aliphatic rings. The number of piperazine rings is 1. The molecular weight excluding hydrogens is 296 g/mol. The molecule has 0 aromatic heterocycles. The minimum Gasteiger partial charge on any atom is -0.314 e. The number of halogens is 4. The molecule has 1 saturated carbocycles. The predicted molar refractivity (Wildman–Crippen MR) is 75.9 cm³/mol. The van der Waals surface area contributed by atoms with Gasteiger partial charge in [-0.2, -0.15) is 13.2 Å². The maximum Gasteiger partial charge on any atom is 0.416 e. The molecule has 0 spiro atoms. The van der Waals surface area contributed by atoms with Crippen molar-refractivity contribution >= 4 is 0 Å². The van der Waals surface area contributed by atoms with Gasteiger partial charge in [0, 0.05) is 37.8 Å². The second kappa shape index (κ2) is 6.16. The summed E-state index contributed by atoms with van der Waals surface area (Å²) in [5, 5.41) is 3.26. The van der Waals surface area contributed by atoms with E-state index in [1.165, 1.54) is 6.07 Å². The van der Waals surface area contributed by atoms with E-state index in [0.717, 1.165) is 51.5 Å². The molecule has 1 aromatic carbocycles. The van der Waals surface area contributed by atoms with Crippen molar-refractivity contribution in [1.82, 2.24) is 10.2 Å². The van der Waals surface area contributed by atoms with Crippen molar-refractivity contribution in [2.75, 3.05) is 26.2 Å². The SMILES string of the molecule is Fc1cc(C(F)(F)F)ccc1[C@H](C1CCC1)N1CCNCC1. The average Bonchev–Trinajstić information content (AvgIpc) is 2.43. The summed E-state index contributed by atoms with van der Waals surface area (Å²) in [5.74, 6) is -0.380. The molecule has 1 saturated heterocycles. The smallest absolute Gasteiger partial charge is 0.314 e. The second-order valence-electron chi connectivity index (χ2n) is 6.16. The zero-order valence-electron chi connectivity index (χ0n) is 12.3. The molecule has 2 nitrogen and oxygen atoms in total. The highest BCUT2D eigenvalue weighted by Crippen LogP contribution is 2.43. The number of rotatable bonds is 3. The Labute approximate surface area is 127 Å². The number of hydrogen-bond donors (Lipinski definition) is 1. The molecule has 6 heteroatoms. The molecule has 1 N–H and O–H groups in total. The van der Waals surface area contributed by atoms with Gasteiger partial charge in [0.05, 0.1) is 5.56 Å². The molecular formula is C16H20F4N2. The summed E-state index contributed by atoms with van der Waals surface area (Å²) in [6.45, 7) is 3.29. The third-order valence-electron chi connectivity index (χ3n) is 4.79. The van der Waals surface area contributed by atoms with E-state index >= 15 is 0 Å². The third-order valence-corrected chi connectivity index (χ3v) is 4.79. The fraction of sp³-hybridized carbons (Fsp3) is 0.625. The highest BCUT2D eigenvalue weighted by Gasteiger charge is 2.37. The van der Waals surface area contributed by atoms with Gasteiger partial charge in [-0.3, -0.25) is 4.90 Å². The Hall–Kier alpha value is -1.14. The zero-order valence-corrected chi connectivity index (χ0v) is 12.3. The molecule has 1 atom stereocenters. The molecule has 1 aromatic rings. The van der Waals surface area contributed by atoms with Crippen LogP contribution in [0.3, 0.4) is 0 Å². The lowest BCUT2D eigenvalue weighted by molar-refractivity contribution is -0.137. The molecule has 1 aliphatic carbocycles. The Kier molecular flexibility index (Phi) is 4.41. The Bertz CT molecular complexity index is 519. The van der Waals surface area contributed by atoms with Gasteiger partial charge in [-0.05, 0) is 30.9 Å². The largest absolute Gasteiger partial charge is 0.416 e. The lowest BCUT2D eigenvalue weighted by Gasteiger charge is -2.43. The molecule has 3 rings (SSSR count). The molecule has 2 fully saturated rings. The van der Waals surface area contributed by atoms with Crippen LogP contribution in [-0.2, 0) is 6.18 Å². The summed E-state index contributed by atoms with van der Waals surface area (Å²) >= 11 is 0. The summed E-state index contributed by atoms with van der Waals surface area (Å²) in [6.07, 6.45) is -1.33. The lowest BCUT2D eigenvalue weighted by atomic mass is 9.76. The van der Waals surface area contributed by atoms with Crippen molar-refractivity contribution in [1.29, 1.82) is 0 Å². The summed E-state index contributed by atoms with van der Waals surface area (Å²) in [6, 6.07) is 2.89. The topological polar surface area (TPSA) is 15.3 Å². The zero-order chi connectivity index (χ0) is 15.7. The molecule has 0 amide bonds. The van der Waals surface area contributed by atoms with E-state index in [9.17, 15) is 17.6 Å². The maximum absolute atomic E-state index is 14.4.